The van der Waals surface area contributed by atoms with Crippen LogP contribution in [0.5, 0.6) is 23.0 Å². The van der Waals surface area contributed by atoms with Gasteiger partial charge in [-0.15, -0.1) is 0 Å². The zero-order valence-electron chi connectivity index (χ0n) is 52.3. The lowest BCUT2D eigenvalue weighted by atomic mass is 9.92. The molecular weight excluding hydrogens is 1030 g/mol. The van der Waals surface area contributed by atoms with E-state index in [0.29, 0.717) is 23.7 Å². The number of pyridine rings is 1. The zero-order chi connectivity index (χ0) is 58.9. The normalized spacial score (nSPS) is 12.8. The Labute approximate surface area is 506 Å². The van der Waals surface area contributed by atoms with Crippen molar-refractivity contribution in [3.8, 4) is 101 Å². The quantitative estimate of drug-likeness (QED) is 0.0396. The summed E-state index contributed by atoms with van der Waals surface area (Å²) in [6, 6.07) is 61.9. The molecule has 84 heavy (non-hydrogen) atoms. The third-order valence-corrected chi connectivity index (χ3v) is 17.3. The van der Waals surface area contributed by atoms with E-state index in [0.717, 1.165) is 153 Å². The van der Waals surface area contributed by atoms with Gasteiger partial charge in [0.05, 0.1) is 32.1 Å². The summed E-state index contributed by atoms with van der Waals surface area (Å²) in [7, 11) is 0. The topological polar surface area (TPSA) is 49.8 Å². The fourth-order valence-corrected chi connectivity index (χ4v) is 11.3. The highest BCUT2D eigenvalue weighted by Crippen LogP contribution is 2.39. The Bertz CT molecular complexity index is 2800. The number of ether oxygens (including phenoxy) is 4. The molecular formula is C79H97NO4. The largest absolute Gasteiger partial charge is 0.493 e. The highest BCUT2D eigenvalue weighted by Gasteiger charge is 2.16. The minimum atomic E-state index is 0.572. The summed E-state index contributed by atoms with van der Waals surface area (Å²) in [5, 5.41) is 0. The maximum Gasteiger partial charge on any atom is 0.119 e. The first-order valence-corrected chi connectivity index (χ1v) is 32.5. The third-order valence-electron chi connectivity index (χ3n) is 17.3. The Morgan fingerprint density at radius 2 is 0.536 bits per heavy atom. The molecule has 0 aliphatic carbocycles. The van der Waals surface area contributed by atoms with Crippen LogP contribution in [0.3, 0.4) is 0 Å². The molecule has 0 saturated heterocycles. The van der Waals surface area contributed by atoms with Gasteiger partial charge in [0.1, 0.15) is 23.0 Å². The van der Waals surface area contributed by atoms with Crippen molar-refractivity contribution in [3.05, 3.63) is 176 Å². The predicted molar refractivity (Wildman–Crippen MR) is 357 cm³/mol. The van der Waals surface area contributed by atoms with Crippen LogP contribution >= 0.6 is 0 Å². The molecule has 0 fully saturated rings. The van der Waals surface area contributed by atoms with Gasteiger partial charge >= 0.3 is 0 Å². The summed E-state index contributed by atoms with van der Waals surface area (Å²) in [5.41, 5.74) is 15.6. The third kappa shape index (κ3) is 18.4. The Kier molecular flexibility index (Phi) is 25.0. The minimum Gasteiger partial charge on any atom is -0.493 e. The number of aromatic nitrogens is 1. The highest BCUT2D eigenvalue weighted by atomic mass is 16.5. The van der Waals surface area contributed by atoms with E-state index in [1.54, 1.807) is 0 Å². The average molecular weight is 1120 g/mol. The van der Waals surface area contributed by atoms with Gasteiger partial charge in [0.25, 0.3) is 0 Å². The van der Waals surface area contributed by atoms with Crippen molar-refractivity contribution in [1.82, 2.24) is 4.98 Å². The molecule has 4 atom stereocenters. The Hall–Kier alpha value is -7.11. The molecule has 0 N–H and O–H groups in total. The van der Waals surface area contributed by atoms with E-state index in [-0.39, 0.29) is 0 Å². The Balaban J connectivity index is 1.11. The summed E-state index contributed by atoms with van der Waals surface area (Å²) in [5.74, 6) is 5.96. The first kappa shape index (κ1) is 62.9. The van der Waals surface area contributed by atoms with Gasteiger partial charge in [-0.2, -0.15) is 0 Å². The van der Waals surface area contributed by atoms with E-state index >= 15 is 0 Å². The fourth-order valence-electron chi connectivity index (χ4n) is 11.3. The van der Waals surface area contributed by atoms with Crippen molar-refractivity contribution in [3.63, 3.8) is 0 Å². The van der Waals surface area contributed by atoms with E-state index in [9.17, 15) is 0 Å². The van der Waals surface area contributed by atoms with Crippen molar-refractivity contribution < 1.29 is 18.9 Å². The molecule has 0 radical (unpaired) electrons. The Morgan fingerprint density at radius 3 is 0.821 bits per heavy atom. The van der Waals surface area contributed by atoms with Gasteiger partial charge in [-0.1, -0.05) is 199 Å². The number of hydrogen-bond donors (Lipinski definition) is 0. The van der Waals surface area contributed by atoms with Crippen molar-refractivity contribution in [1.29, 1.82) is 0 Å². The lowest BCUT2D eigenvalue weighted by Crippen LogP contribution is -2.11. The Morgan fingerprint density at radius 1 is 0.274 bits per heavy atom. The van der Waals surface area contributed by atoms with Crippen molar-refractivity contribution in [2.24, 2.45) is 23.7 Å². The van der Waals surface area contributed by atoms with Crippen LogP contribution in [0.4, 0.5) is 0 Å². The van der Waals surface area contributed by atoms with Gasteiger partial charge in [0.2, 0.25) is 0 Å². The van der Waals surface area contributed by atoms with Gasteiger partial charge < -0.3 is 18.9 Å². The first-order chi connectivity index (χ1) is 41.2. The second-order valence-corrected chi connectivity index (χ2v) is 23.6. The van der Waals surface area contributed by atoms with E-state index in [1.807, 2.05) is 6.20 Å². The number of benzene rings is 7. The van der Waals surface area contributed by atoms with E-state index in [1.165, 1.54) is 77.0 Å². The minimum absolute atomic E-state index is 0.572. The average Bonchev–Trinajstić information content (AvgIpc) is 3.24. The van der Waals surface area contributed by atoms with Gasteiger partial charge in [0, 0.05) is 11.8 Å². The monoisotopic (exact) mass is 1120 g/mol. The maximum absolute atomic E-state index is 6.38. The molecule has 0 aliphatic rings. The molecule has 0 saturated carbocycles. The van der Waals surface area contributed by atoms with Crippen molar-refractivity contribution in [2.75, 3.05) is 26.4 Å². The molecule has 4 unspecified atom stereocenters. The summed E-state index contributed by atoms with van der Waals surface area (Å²) in [6.45, 7) is 21.1. The molecule has 1 heterocycles. The summed E-state index contributed by atoms with van der Waals surface area (Å²) >= 11 is 0. The summed E-state index contributed by atoms with van der Waals surface area (Å²) < 4.78 is 25.5. The van der Waals surface area contributed by atoms with Crippen LogP contribution in [-0.4, -0.2) is 31.4 Å². The smallest absolute Gasteiger partial charge is 0.119 e. The van der Waals surface area contributed by atoms with Crippen LogP contribution in [0.25, 0.3) is 78.0 Å². The highest BCUT2D eigenvalue weighted by molar-refractivity contribution is 5.85. The summed E-state index contributed by atoms with van der Waals surface area (Å²) in [6.07, 6.45) is 21.1. The van der Waals surface area contributed by atoms with E-state index in [4.69, 9.17) is 23.9 Å². The number of nitrogens with zero attached hydrogens (tertiary/aromatic N) is 1. The van der Waals surface area contributed by atoms with Crippen LogP contribution in [-0.2, 0) is 0 Å². The van der Waals surface area contributed by atoms with Gasteiger partial charge in [0.15, 0.2) is 0 Å². The molecule has 1 aromatic heterocycles. The molecule has 0 amide bonds. The lowest BCUT2D eigenvalue weighted by Gasteiger charge is -2.17. The second-order valence-electron chi connectivity index (χ2n) is 23.6. The number of unbranched alkanes of at least 4 members (excludes halogenated alkanes) is 4. The van der Waals surface area contributed by atoms with Gasteiger partial charge in [-0.3, -0.25) is 4.98 Å². The number of rotatable bonds is 35. The fraction of sp³-hybridized carbons (Fsp3) is 0.405. The molecule has 7 aromatic carbocycles. The lowest BCUT2D eigenvalue weighted by molar-refractivity contribution is 0.233. The zero-order valence-corrected chi connectivity index (χ0v) is 52.3. The first-order valence-electron chi connectivity index (χ1n) is 32.5. The summed E-state index contributed by atoms with van der Waals surface area (Å²) in [4.78, 5) is 5.04. The standard InChI is InChI=1S/C79H97NO4/c1-9-17-22-58(13-5)54-81-75-36-28-62(29-37-75)69-47-70(63-30-38-76(39-31-63)82-55-59(14-6)23-18-10-2)50-73(49-69)66-26-21-27-68(46-66)79-53-67(44-45-80-79)74-51-71(64-32-40-77(41-33-64)83-56-60(15-7)24-19-11-3)48-72(52-74)65-34-42-78(43-35-65)84-57-61(16-8)25-20-12-4/h21,26-53,58-61H,9-20,22-25,54-57H2,1-8H3. The number of hydrogen-bond acceptors (Lipinski definition) is 5. The van der Waals surface area contributed by atoms with Crippen LogP contribution in [0, 0.1) is 23.7 Å². The van der Waals surface area contributed by atoms with Crippen molar-refractivity contribution in [2.45, 2.75) is 158 Å². The molecule has 5 heteroatoms. The SMILES string of the molecule is CCCCC(CC)COc1ccc(-c2cc(-c3ccc(OCC(CC)CCCC)cc3)cc(-c3cccc(-c4cc(-c5cc(-c6ccc(OCC(CC)CCCC)cc6)cc(-c6ccc(OCC(CC)CCCC)cc6)c5)ccn4)c3)c2)cc1. The molecule has 0 spiro atoms. The van der Waals surface area contributed by atoms with E-state index in [2.05, 4.69) is 225 Å². The molecule has 0 aliphatic heterocycles. The van der Waals surface area contributed by atoms with Crippen molar-refractivity contribution >= 4 is 0 Å². The maximum atomic E-state index is 6.38. The van der Waals surface area contributed by atoms with E-state index < -0.39 is 0 Å². The molecule has 5 nitrogen and oxygen atoms in total. The molecule has 8 aromatic rings. The molecule has 0 bridgehead atoms. The second kappa shape index (κ2) is 33.4. The van der Waals surface area contributed by atoms with Crippen LogP contribution in [0.1, 0.15) is 158 Å². The molecule has 442 valence electrons. The van der Waals surface area contributed by atoms with Gasteiger partial charge in [-0.05, 0) is 219 Å². The molecule has 8 rings (SSSR count). The predicted octanol–water partition coefficient (Wildman–Crippen LogP) is 23.1. The van der Waals surface area contributed by atoms with Gasteiger partial charge in [-0.25, -0.2) is 0 Å². The van der Waals surface area contributed by atoms with Crippen LogP contribution in [0.2, 0.25) is 0 Å². The van der Waals surface area contributed by atoms with Crippen LogP contribution in [0.15, 0.2) is 176 Å². The van der Waals surface area contributed by atoms with Crippen LogP contribution < -0.4 is 18.9 Å².